The number of carbonyl (C=O) groups is 1. The van der Waals surface area contributed by atoms with Crippen molar-refractivity contribution in [1.82, 2.24) is 4.31 Å². The number of sulfonamides is 1. The molecule has 0 aromatic heterocycles. The molecule has 0 saturated heterocycles. The highest BCUT2D eigenvalue weighted by atomic mass is 32.2. The summed E-state index contributed by atoms with van der Waals surface area (Å²) in [7, 11) is -0.668. The average Bonchev–Trinajstić information content (AvgIpc) is 2.70. The van der Waals surface area contributed by atoms with Crippen LogP contribution in [-0.2, 0) is 10.0 Å². The standard InChI is InChI=1S/C22H22N2O4S/c1-16-12-13-20(29(26,27)24(2)3)15-21(16)23-22(25)17-8-7-11-19(14-17)28-18-9-5-4-6-10-18/h4-15H,1-3H3,(H,23,25). The number of rotatable bonds is 6. The van der Waals surface area contributed by atoms with Crippen molar-refractivity contribution >= 4 is 21.6 Å². The smallest absolute Gasteiger partial charge is 0.255 e. The normalized spacial score (nSPS) is 11.3. The van der Waals surface area contributed by atoms with Crippen LogP contribution in [0.2, 0.25) is 0 Å². The molecule has 0 saturated carbocycles. The van der Waals surface area contributed by atoms with E-state index in [0.717, 1.165) is 9.87 Å². The van der Waals surface area contributed by atoms with Gasteiger partial charge in [-0.2, -0.15) is 0 Å². The monoisotopic (exact) mass is 410 g/mol. The molecule has 0 spiro atoms. The summed E-state index contributed by atoms with van der Waals surface area (Å²) in [5, 5.41) is 2.79. The van der Waals surface area contributed by atoms with Crippen LogP contribution in [-0.4, -0.2) is 32.7 Å². The molecule has 6 nitrogen and oxygen atoms in total. The molecule has 0 bridgehead atoms. The summed E-state index contributed by atoms with van der Waals surface area (Å²) >= 11 is 0. The zero-order chi connectivity index (χ0) is 21.0. The topological polar surface area (TPSA) is 75.7 Å². The van der Waals surface area contributed by atoms with E-state index in [-0.39, 0.29) is 10.8 Å². The maximum atomic E-state index is 12.7. The lowest BCUT2D eigenvalue weighted by molar-refractivity contribution is 0.102. The van der Waals surface area contributed by atoms with Gasteiger partial charge >= 0.3 is 0 Å². The molecule has 29 heavy (non-hydrogen) atoms. The summed E-state index contributed by atoms with van der Waals surface area (Å²) in [5.74, 6) is 0.845. The van der Waals surface area contributed by atoms with E-state index >= 15 is 0 Å². The van der Waals surface area contributed by atoms with Gasteiger partial charge in [0.15, 0.2) is 0 Å². The lowest BCUT2D eigenvalue weighted by atomic mass is 10.1. The second kappa shape index (κ2) is 8.46. The lowest BCUT2D eigenvalue weighted by Crippen LogP contribution is -2.22. The van der Waals surface area contributed by atoms with Crippen molar-refractivity contribution in [2.24, 2.45) is 0 Å². The molecule has 0 unspecified atom stereocenters. The molecule has 1 N–H and O–H groups in total. The summed E-state index contributed by atoms with van der Waals surface area (Å²) in [4.78, 5) is 12.9. The fraction of sp³-hybridized carbons (Fsp3) is 0.136. The van der Waals surface area contributed by atoms with Crippen LogP contribution >= 0.6 is 0 Å². The molecule has 1 amide bonds. The Labute approximate surface area is 170 Å². The second-order valence-electron chi connectivity index (χ2n) is 6.66. The van der Waals surface area contributed by atoms with E-state index in [2.05, 4.69) is 5.32 Å². The van der Waals surface area contributed by atoms with Gasteiger partial charge in [-0.25, -0.2) is 12.7 Å². The highest BCUT2D eigenvalue weighted by Gasteiger charge is 2.19. The third-order valence-electron chi connectivity index (χ3n) is 4.31. The fourth-order valence-electron chi connectivity index (χ4n) is 2.63. The predicted octanol–water partition coefficient (Wildman–Crippen LogP) is 4.29. The third-order valence-corrected chi connectivity index (χ3v) is 6.12. The van der Waals surface area contributed by atoms with Gasteiger partial charge in [0.1, 0.15) is 11.5 Å². The molecule has 0 fully saturated rings. The Bertz CT molecular complexity index is 1130. The van der Waals surface area contributed by atoms with Crippen LogP contribution in [0.1, 0.15) is 15.9 Å². The Balaban J connectivity index is 1.83. The van der Waals surface area contributed by atoms with E-state index in [4.69, 9.17) is 4.74 Å². The number of para-hydroxylation sites is 1. The first-order valence-electron chi connectivity index (χ1n) is 8.95. The van der Waals surface area contributed by atoms with Gasteiger partial charge in [-0.05, 0) is 55.0 Å². The van der Waals surface area contributed by atoms with Crippen molar-refractivity contribution in [2.75, 3.05) is 19.4 Å². The first-order chi connectivity index (χ1) is 13.8. The van der Waals surface area contributed by atoms with Crippen molar-refractivity contribution in [3.63, 3.8) is 0 Å². The minimum atomic E-state index is -3.60. The summed E-state index contributed by atoms with van der Waals surface area (Å²) in [5.41, 5.74) is 1.60. The van der Waals surface area contributed by atoms with Crippen molar-refractivity contribution < 1.29 is 17.9 Å². The highest BCUT2D eigenvalue weighted by molar-refractivity contribution is 7.89. The zero-order valence-corrected chi connectivity index (χ0v) is 17.2. The Kier molecular flexibility index (Phi) is 6.00. The van der Waals surface area contributed by atoms with Crippen LogP contribution in [0.25, 0.3) is 0 Å². The third kappa shape index (κ3) is 4.82. The van der Waals surface area contributed by atoms with E-state index in [1.54, 1.807) is 37.3 Å². The Morgan fingerprint density at radius 1 is 0.897 bits per heavy atom. The van der Waals surface area contributed by atoms with Crippen LogP contribution in [0.3, 0.4) is 0 Å². The molecule has 0 aliphatic heterocycles. The molecular weight excluding hydrogens is 388 g/mol. The number of benzene rings is 3. The zero-order valence-electron chi connectivity index (χ0n) is 16.4. The van der Waals surface area contributed by atoms with Crippen LogP contribution in [0.4, 0.5) is 5.69 Å². The number of nitrogens with one attached hydrogen (secondary N) is 1. The van der Waals surface area contributed by atoms with Gasteiger partial charge in [0, 0.05) is 25.3 Å². The molecule has 3 aromatic carbocycles. The Morgan fingerprint density at radius 3 is 2.28 bits per heavy atom. The van der Waals surface area contributed by atoms with Gasteiger partial charge in [0.05, 0.1) is 4.90 Å². The van der Waals surface area contributed by atoms with Gasteiger partial charge in [0.25, 0.3) is 5.91 Å². The molecule has 0 aliphatic carbocycles. The van der Waals surface area contributed by atoms with Crippen LogP contribution < -0.4 is 10.1 Å². The molecule has 150 valence electrons. The van der Waals surface area contributed by atoms with Gasteiger partial charge in [-0.1, -0.05) is 30.3 Å². The number of hydrogen-bond acceptors (Lipinski definition) is 4. The molecular formula is C22H22N2O4S. The molecule has 3 aromatic rings. The Morgan fingerprint density at radius 2 is 1.59 bits per heavy atom. The van der Waals surface area contributed by atoms with E-state index in [9.17, 15) is 13.2 Å². The molecule has 0 atom stereocenters. The number of ether oxygens (including phenoxy) is 1. The van der Waals surface area contributed by atoms with Crippen molar-refractivity contribution in [3.8, 4) is 11.5 Å². The van der Waals surface area contributed by atoms with Gasteiger partial charge < -0.3 is 10.1 Å². The first kappa shape index (κ1) is 20.6. The quantitative estimate of drug-likeness (QED) is 0.658. The summed E-state index contributed by atoms with van der Waals surface area (Å²) in [6.45, 7) is 1.80. The number of hydrogen-bond donors (Lipinski definition) is 1. The molecule has 0 radical (unpaired) electrons. The SMILES string of the molecule is Cc1ccc(S(=O)(=O)N(C)C)cc1NC(=O)c1cccc(Oc2ccccc2)c1. The lowest BCUT2D eigenvalue weighted by Gasteiger charge is -2.14. The van der Waals surface area contributed by atoms with E-state index < -0.39 is 10.0 Å². The van der Waals surface area contributed by atoms with Crippen molar-refractivity contribution in [2.45, 2.75) is 11.8 Å². The summed E-state index contributed by atoms with van der Waals surface area (Å²) in [6, 6.07) is 20.7. The largest absolute Gasteiger partial charge is 0.457 e. The van der Waals surface area contributed by atoms with E-state index in [0.29, 0.717) is 22.7 Å². The molecule has 3 rings (SSSR count). The van der Waals surface area contributed by atoms with E-state index in [1.807, 2.05) is 30.3 Å². The number of aryl methyl sites for hydroxylation is 1. The van der Waals surface area contributed by atoms with E-state index in [1.165, 1.54) is 26.2 Å². The predicted molar refractivity (Wildman–Crippen MR) is 113 cm³/mol. The molecule has 7 heteroatoms. The van der Waals surface area contributed by atoms with Crippen LogP contribution in [0.15, 0.2) is 77.7 Å². The van der Waals surface area contributed by atoms with Crippen molar-refractivity contribution in [1.29, 1.82) is 0 Å². The van der Waals surface area contributed by atoms with Crippen molar-refractivity contribution in [3.05, 3.63) is 83.9 Å². The Hall–Kier alpha value is -3.16. The second-order valence-corrected chi connectivity index (χ2v) is 8.81. The molecule has 0 aliphatic rings. The van der Waals surface area contributed by atoms with Crippen LogP contribution in [0, 0.1) is 6.92 Å². The number of amides is 1. The number of anilines is 1. The van der Waals surface area contributed by atoms with Gasteiger partial charge in [-0.15, -0.1) is 0 Å². The minimum absolute atomic E-state index is 0.115. The van der Waals surface area contributed by atoms with Gasteiger partial charge in [0.2, 0.25) is 10.0 Å². The maximum absolute atomic E-state index is 12.7. The summed E-state index contributed by atoms with van der Waals surface area (Å²) < 4.78 is 31.6. The molecule has 0 heterocycles. The van der Waals surface area contributed by atoms with Gasteiger partial charge in [-0.3, -0.25) is 4.79 Å². The average molecular weight is 410 g/mol. The summed E-state index contributed by atoms with van der Waals surface area (Å²) in [6.07, 6.45) is 0. The maximum Gasteiger partial charge on any atom is 0.255 e. The first-order valence-corrected chi connectivity index (χ1v) is 10.4. The minimum Gasteiger partial charge on any atom is -0.457 e. The number of nitrogens with zero attached hydrogens (tertiary/aromatic N) is 1. The number of carbonyl (C=O) groups excluding carboxylic acids is 1. The highest BCUT2D eigenvalue weighted by Crippen LogP contribution is 2.25. The fourth-order valence-corrected chi connectivity index (χ4v) is 3.56. The van der Waals surface area contributed by atoms with Crippen LogP contribution in [0.5, 0.6) is 11.5 Å².